The van der Waals surface area contributed by atoms with Crippen LogP contribution < -0.4 is 0 Å². The van der Waals surface area contributed by atoms with Crippen molar-refractivity contribution in [2.45, 2.75) is 32.3 Å². The third kappa shape index (κ3) is 3.01. The van der Waals surface area contributed by atoms with Gasteiger partial charge in [0.05, 0.1) is 10.0 Å². The Balaban J connectivity index is 2.55. The monoisotopic (exact) mass is 308 g/mol. The zero-order chi connectivity index (χ0) is 14.9. The number of benzene rings is 2. The molecule has 0 aromatic heterocycles. The summed E-state index contributed by atoms with van der Waals surface area (Å²) >= 11 is 12.2. The SMILES string of the molecule is CC(C)(C)c1ccccc1C(O)c1cccc(Cl)c1Cl. The molecule has 0 saturated heterocycles. The van der Waals surface area contributed by atoms with Gasteiger partial charge >= 0.3 is 0 Å². The van der Waals surface area contributed by atoms with Crippen molar-refractivity contribution in [3.8, 4) is 0 Å². The molecule has 20 heavy (non-hydrogen) atoms. The van der Waals surface area contributed by atoms with Crippen LogP contribution in [0.4, 0.5) is 0 Å². The maximum atomic E-state index is 10.7. The lowest BCUT2D eigenvalue weighted by Crippen LogP contribution is -2.16. The minimum absolute atomic E-state index is 0.0530. The maximum absolute atomic E-state index is 10.7. The first-order valence-electron chi connectivity index (χ1n) is 6.53. The van der Waals surface area contributed by atoms with E-state index in [9.17, 15) is 5.11 Å². The second-order valence-corrected chi connectivity index (χ2v) is 6.67. The molecule has 106 valence electrons. The highest BCUT2D eigenvalue weighted by atomic mass is 35.5. The van der Waals surface area contributed by atoms with Crippen LogP contribution in [0.3, 0.4) is 0 Å². The van der Waals surface area contributed by atoms with Crippen LogP contribution in [0.1, 0.15) is 43.6 Å². The summed E-state index contributed by atoms with van der Waals surface area (Å²) in [7, 11) is 0. The number of rotatable bonds is 2. The van der Waals surface area contributed by atoms with Gasteiger partial charge in [-0.25, -0.2) is 0 Å². The fourth-order valence-electron chi connectivity index (χ4n) is 2.32. The van der Waals surface area contributed by atoms with Gasteiger partial charge in [-0.05, 0) is 22.6 Å². The lowest BCUT2D eigenvalue weighted by Gasteiger charge is -2.26. The van der Waals surface area contributed by atoms with Gasteiger partial charge in [-0.2, -0.15) is 0 Å². The number of aliphatic hydroxyl groups excluding tert-OH is 1. The molecule has 0 aliphatic carbocycles. The van der Waals surface area contributed by atoms with E-state index in [0.717, 1.165) is 11.1 Å². The number of hydrogen-bond acceptors (Lipinski definition) is 1. The van der Waals surface area contributed by atoms with Gasteiger partial charge in [0.25, 0.3) is 0 Å². The Bertz CT molecular complexity index is 615. The van der Waals surface area contributed by atoms with E-state index in [0.29, 0.717) is 15.6 Å². The van der Waals surface area contributed by atoms with Gasteiger partial charge in [0, 0.05) is 5.56 Å². The molecule has 0 aliphatic heterocycles. The molecule has 0 spiro atoms. The lowest BCUT2D eigenvalue weighted by atomic mass is 9.81. The van der Waals surface area contributed by atoms with Crippen LogP contribution in [0.2, 0.25) is 10.0 Å². The Morgan fingerprint density at radius 2 is 1.50 bits per heavy atom. The molecule has 1 atom stereocenters. The van der Waals surface area contributed by atoms with Crippen LogP contribution in [0, 0.1) is 0 Å². The van der Waals surface area contributed by atoms with Gasteiger partial charge in [0.2, 0.25) is 0 Å². The second kappa shape index (κ2) is 5.77. The summed E-state index contributed by atoms with van der Waals surface area (Å²) in [5.74, 6) is 0. The molecule has 0 saturated carbocycles. The normalized spacial score (nSPS) is 13.3. The largest absolute Gasteiger partial charge is 0.384 e. The zero-order valence-corrected chi connectivity index (χ0v) is 13.3. The summed E-state index contributed by atoms with van der Waals surface area (Å²) < 4.78 is 0. The topological polar surface area (TPSA) is 20.2 Å². The Hall–Kier alpha value is -1.02. The summed E-state index contributed by atoms with van der Waals surface area (Å²) in [4.78, 5) is 0. The van der Waals surface area contributed by atoms with Crippen molar-refractivity contribution < 1.29 is 5.11 Å². The molecule has 0 aliphatic rings. The van der Waals surface area contributed by atoms with E-state index in [1.165, 1.54) is 0 Å². The number of aliphatic hydroxyl groups is 1. The van der Waals surface area contributed by atoms with Crippen LogP contribution in [0.25, 0.3) is 0 Å². The fraction of sp³-hybridized carbons (Fsp3) is 0.294. The smallest absolute Gasteiger partial charge is 0.106 e. The van der Waals surface area contributed by atoms with Crippen LogP contribution in [-0.2, 0) is 5.41 Å². The van der Waals surface area contributed by atoms with Gasteiger partial charge in [0.1, 0.15) is 6.10 Å². The molecule has 0 bridgehead atoms. The molecule has 3 heteroatoms. The Morgan fingerprint density at radius 3 is 2.15 bits per heavy atom. The first kappa shape index (κ1) is 15.4. The van der Waals surface area contributed by atoms with Crippen molar-refractivity contribution in [2.75, 3.05) is 0 Å². The third-order valence-electron chi connectivity index (χ3n) is 3.34. The van der Waals surface area contributed by atoms with Crippen molar-refractivity contribution in [1.29, 1.82) is 0 Å². The van der Waals surface area contributed by atoms with Gasteiger partial charge in [-0.15, -0.1) is 0 Å². The molecule has 2 aromatic carbocycles. The number of halogens is 2. The van der Waals surface area contributed by atoms with E-state index in [1.54, 1.807) is 18.2 Å². The molecule has 0 fully saturated rings. The van der Waals surface area contributed by atoms with Crippen molar-refractivity contribution in [2.24, 2.45) is 0 Å². The Labute approximate surface area is 130 Å². The predicted molar refractivity (Wildman–Crippen MR) is 85.7 cm³/mol. The summed E-state index contributed by atoms with van der Waals surface area (Å²) in [5, 5.41) is 11.6. The van der Waals surface area contributed by atoms with Gasteiger partial charge in [-0.3, -0.25) is 0 Å². The van der Waals surface area contributed by atoms with E-state index in [2.05, 4.69) is 20.8 Å². The van der Waals surface area contributed by atoms with Crippen molar-refractivity contribution in [3.63, 3.8) is 0 Å². The van der Waals surface area contributed by atoms with Gasteiger partial charge in [-0.1, -0.05) is 80.4 Å². The summed E-state index contributed by atoms with van der Waals surface area (Å²) in [6.45, 7) is 6.37. The van der Waals surface area contributed by atoms with E-state index in [-0.39, 0.29) is 5.41 Å². The third-order valence-corrected chi connectivity index (χ3v) is 4.17. The number of hydrogen-bond donors (Lipinski definition) is 1. The van der Waals surface area contributed by atoms with Gasteiger partial charge < -0.3 is 5.11 Å². The van der Waals surface area contributed by atoms with Crippen molar-refractivity contribution in [3.05, 3.63) is 69.2 Å². The van der Waals surface area contributed by atoms with E-state index < -0.39 is 6.10 Å². The van der Waals surface area contributed by atoms with Crippen LogP contribution >= 0.6 is 23.2 Å². The van der Waals surface area contributed by atoms with Crippen molar-refractivity contribution in [1.82, 2.24) is 0 Å². The molecule has 0 radical (unpaired) electrons. The Morgan fingerprint density at radius 1 is 0.900 bits per heavy atom. The van der Waals surface area contributed by atoms with Crippen LogP contribution in [0.5, 0.6) is 0 Å². The summed E-state index contributed by atoms with van der Waals surface area (Å²) in [5.41, 5.74) is 2.55. The first-order valence-corrected chi connectivity index (χ1v) is 7.29. The molecule has 0 amide bonds. The second-order valence-electron chi connectivity index (χ2n) is 5.88. The van der Waals surface area contributed by atoms with E-state index in [1.807, 2.05) is 24.3 Å². The fourth-order valence-corrected chi connectivity index (χ4v) is 2.73. The molecular weight excluding hydrogens is 291 g/mol. The standard InChI is InChI=1S/C17H18Cl2O/c1-17(2,3)13-9-5-4-7-11(13)16(20)12-8-6-10-14(18)15(12)19/h4-10,16,20H,1-3H3. The van der Waals surface area contributed by atoms with Crippen molar-refractivity contribution >= 4 is 23.2 Å². The van der Waals surface area contributed by atoms with Gasteiger partial charge in [0.15, 0.2) is 0 Å². The zero-order valence-electron chi connectivity index (χ0n) is 11.8. The van der Waals surface area contributed by atoms with E-state index in [4.69, 9.17) is 23.2 Å². The highest BCUT2D eigenvalue weighted by Gasteiger charge is 2.23. The molecule has 1 nitrogen and oxygen atoms in total. The maximum Gasteiger partial charge on any atom is 0.106 e. The van der Waals surface area contributed by atoms with Crippen LogP contribution in [0.15, 0.2) is 42.5 Å². The minimum Gasteiger partial charge on any atom is -0.384 e. The molecule has 2 rings (SSSR count). The molecule has 2 aromatic rings. The molecule has 1 N–H and O–H groups in total. The molecule has 1 unspecified atom stereocenters. The van der Waals surface area contributed by atoms with Crippen LogP contribution in [-0.4, -0.2) is 5.11 Å². The predicted octanol–water partition coefficient (Wildman–Crippen LogP) is 5.37. The minimum atomic E-state index is -0.781. The Kier molecular flexibility index (Phi) is 4.43. The quantitative estimate of drug-likeness (QED) is 0.790. The highest BCUT2D eigenvalue weighted by molar-refractivity contribution is 6.42. The molecular formula is C17H18Cl2O. The summed E-state index contributed by atoms with van der Waals surface area (Å²) in [6.07, 6.45) is -0.781. The average Bonchev–Trinajstić information content (AvgIpc) is 2.40. The van der Waals surface area contributed by atoms with E-state index >= 15 is 0 Å². The summed E-state index contributed by atoms with van der Waals surface area (Å²) in [6, 6.07) is 13.2. The molecule has 0 heterocycles. The average molecular weight is 309 g/mol. The lowest BCUT2D eigenvalue weighted by molar-refractivity contribution is 0.217. The first-order chi connectivity index (χ1) is 9.32. The highest BCUT2D eigenvalue weighted by Crippen LogP contribution is 2.37.